The van der Waals surface area contributed by atoms with E-state index in [1.165, 1.54) is 0 Å². The molecule has 1 N–H and O–H groups in total. The Kier molecular flexibility index (Phi) is 3.63. The first kappa shape index (κ1) is 12.3. The highest BCUT2D eigenvalue weighted by Crippen LogP contribution is 2.34. The molecule has 0 amide bonds. The summed E-state index contributed by atoms with van der Waals surface area (Å²) in [4.78, 5) is 12.4. The first-order chi connectivity index (χ1) is 8.15. The molecule has 0 bridgehead atoms. The molecule has 92 valence electrons. The number of carbonyl (C=O) groups is 1. The largest absolute Gasteiger partial charge is 0.299 e. The Hall–Kier alpha value is -1.15. The Morgan fingerprint density at radius 2 is 1.88 bits per heavy atom. The van der Waals surface area contributed by atoms with Crippen LogP contribution in [0.1, 0.15) is 45.1 Å². The predicted octanol–water partition coefficient (Wildman–Crippen LogP) is 3.02. The van der Waals surface area contributed by atoms with E-state index in [2.05, 4.69) is 31.3 Å². The van der Waals surface area contributed by atoms with Gasteiger partial charge in [-0.2, -0.15) is 0 Å². The molecule has 0 saturated heterocycles. The van der Waals surface area contributed by atoms with Gasteiger partial charge in [0.1, 0.15) is 5.54 Å². The highest BCUT2D eigenvalue weighted by molar-refractivity contribution is 5.90. The first-order valence-electron chi connectivity index (χ1n) is 6.52. The van der Waals surface area contributed by atoms with Crippen LogP contribution in [0.4, 0.5) is 0 Å². The van der Waals surface area contributed by atoms with Crippen molar-refractivity contribution >= 4 is 5.78 Å². The molecule has 1 aliphatic carbocycles. The fourth-order valence-electron chi connectivity index (χ4n) is 2.79. The van der Waals surface area contributed by atoms with Crippen LogP contribution in [0.5, 0.6) is 0 Å². The van der Waals surface area contributed by atoms with E-state index in [1.807, 2.05) is 18.2 Å². The van der Waals surface area contributed by atoms with Crippen LogP contribution in [-0.2, 0) is 10.3 Å². The fourth-order valence-corrected chi connectivity index (χ4v) is 2.79. The van der Waals surface area contributed by atoms with E-state index in [1.54, 1.807) is 0 Å². The molecular weight excluding hydrogens is 210 g/mol. The van der Waals surface area contributed by atoms with E-state index in [4.69, 9.17) is 0 Å². The first-order valence-corrected chi connectivity index (χ1v) is 6.52. The smallest absolute Gasteiger partial charge is 0.157 e. The minimum atomic E-state index is -0.437. The van der Waals surface area contributed by atoms with Gasteiger partial charge in [-0.3, -0.25) is 10.1 Å². The van der Waals surface area contributed by atoms with E-state index in [0.717, 1.165) is 24.8 Å². The lowest BCUT2D eigenvalue weighted by molar-refractivity contribution is -0.128. The van der Waals surface area contributed by atoms with Gasteiger partial charge in [-0.15, -0.1) is 0 Å². The highest BCUT2D eigenvalue weighted by Gasteiger charge is 2.41. The van der Waals surface area contributed by atoms with E-state index in [-0.39, 0.29) is 0 Å². The van der Waals surface area contributed by atoms with E-state index in [0.29, 0.717) is 18.2 Å². The topological polar surface area (TPSA) is 29.1 Å². The summed E-state index contributed by atoms with van der Waals surface area (Å²) < 4.78 is 0. The molecule has 1 saturated carbocycles. The lowest BCUT2D eigenvalue weighted by atomic mass is 9.75. The summed E-state index contributed by atoms with van der Waals surface area (Å²) in [5, 5.41) is 3.51. The fraction of sp³-hybridized carbons (Fsp3) is 0.533. The molecule has 0 aromatic heterocycles. The number of carbonyl (C=O) groups excluding carboxylic acids is 1. The zero-order valence-electron chi connectivity index (χ0n) is 10.7. The average Bonchev–Trinajstić information content (AvgIpc) is 2.33. The van der Waals surface area contributed by atoms with Crippen molar-refractivity contribution in [2.24, 2.45) is 0 Å². The Labute approximate surface area is 103 Å². The molecule has 2 heteroatoms. The molecule has 0 radical (unpaired) electrons. The van der Waals surface area contributed by atoms with Crippen LogP contribution in [0.3, 0.4) is 0 Å². The van der Waals surface area contributed by atoms with Gasteiger partial charge in [0, 0.05) is 12.5 Å². The summed E-state index contributed by atoms with van der Waals surface area (Å²) in [7, 11) is 0. The molecule has 0 aliphatic heterocycles. The van der Waals surface area contributed by atoms with Gasteiger partial charge >= 0.3 is 0 Å². The second-order valence-electron chi connectivity index (χ2n) is 5.20. The van der Waals surface area contributed by atoms with Crippen LogP contribution < -0.4 is 5.32 Å². The number of ketones is 1. The van der Waals surface area contributed by atoms with Crippen LogP contribution in [0.15, 0.2) is 30.3 Å². The SMILES string of the molecule is CC(C)N[C@@]1(c2ccccc2)CCCCC1=O. The number of benzene rings is 1. The summed E-state index contributed by atoms with van der Waals surface area (Å²) >= 11 is 0. The van der Waals surface area contributed by atoms with Crippen molar-refractivity contribution in [2.45, 2.75) is 51.1 Å². The van der Waals surface area contributed by atoms with E-state index < -0.39 is 5.54 Å². The Morgan fingerprint density at radius 1 is 1.18 bits per heavy atom. The zero-order chi connectivity index (χ0) is 12.3. The maximum atomic E-state index is 12.4. The number of hydrogen-bond acceptors (Lipinski definition) is 2. The lowest BCUT2D eigenvalue weighted by Gasteiger charge is -2.38. The molecular formula is C15H21NO. The minimum absolute atomic E-state index is 0.317. The number of nitrogens with one attached hydrogen (secondary N) is 1. The van der Waals surface area contributed by atoms with Crippen LogP contribution >= 0.6 is 0 Å². The van der Waals surface area contributed by atoms with E-state index >= 15 is 0 Å². The number of rotatable bonds is 3. The Bertz CT molecular complexity index is 385. The quantitative estimate of drug-likeness (QED) is 0.866. The number of Topliss-reactive ketones (excluding diaryl/α,β-unsaturated/α-hetero) is 1. The molecule has 2 nitrogen and oxygen atoms in total. The minimum Gasteiger partial charge on any atom is -0.299 e. The molecule has 1 fully saturated rings. The zero-order valence-corrected chi connectivity index (χ0v) is 10.7. The van der Waals surface area contributed by atoms with Crippen molar-refractivity contribution in [3.05, 3.63) is 35.9 Å². The van der Waals surface area contributed by atoms with Gasteiger partial charge < -0.3 is 0 Å². The summed E-state index contributed by atoms with van der Waals surface area (Å²) in [6.07, 6.45) is 3.79. The normalized spacial score (nSPS) is 25.2. The summed E-state index contributed by atoms with van der Waals surface area (Å²) in [6.45, 7) is 4.21. The second-order valence-corrected chi connectivity index (χ2v) is 5.20. The monoisotopic (exact) mass is 231 g/mol. The summed E-state index contributed by atoms with van der Waals surface area (Å²) in [5.74, 6) is 0.351. The molecule has 1 aliphatic rings. The van der Waals surface area contributed by atoms with Crippen molar-refractivity contribution in [3.63, 3.8) is 0 Å². The Balaban J connectivity index is 2.39. The average molecular weight is 231 g/mol. The van der Waals surface area contributed by atoms with Crippen molar-refractivity contribution in [1.82, 2.24) is 5.32 Å². The van der Waals surface area contributed by atoms with Crippen molar-refractivity contribution in [1.29, 1.82) is 0 Å². The molecule has 0 spiro atoms. The highest BCUT2D eigenvalue weighted by atomic mass is 16.1. The summed E-state index contributed by atoms with van der Waals surface area (Å²) in [5.41, 5.74) is 0.687. The molecule has 0 unspecified atom stereocenters. The standard InChI is InChI=1S/C15H21NO/c1-12(2)16-15(11-7-6-10-14(15)17)13-8-4-3-5-9-13/h3-5,8-9,12,16H,6-7,10-11H2,1-2H3/t15-/m1/s1. The third-order valence-electron chi connectivity index (χ3n) is 3.48. The van der Waals surface area contributed by atoms with Gasteiger partial charge in [0.25, 0.3) is 0 Å². The van der Waals surface area contributed by atoms with Gasteiger partial charge in [0.05, 0.1) is 0 Å². The molecule has 0 heterocycles. The predicted molar refractivity (Wildman–Crippen MR) is 69.9 cm³/mol. The van der Waals surface area contributed by atoms with Crippen LogP contribution in [-0.4, -0.2) is 11.8 Å². The second kappa shape index (κ2) is 5.01. The third kappa shape index (κ3) is 2.42. The molecule has 17 heavy (non-hydrogen) atoms. The van der Waals surface area contributed by atoms with Crippen molar-refractivity contribution in [3.8, 4) is 0 Å². The Morgan fingerprint density at radius 3 is 2.47 bits per heavy atom. The number of hydrogen-bond donors (Lipinski definition) is 1. The maximum Gasteiger partial charge on any atom is 0.157 e. The molecule has 1 aromatic carbocycles. The van der Waals surface area contributed by atoms with Gasteiger partial charge in [0.15, 0.2) is 5.78 Å². The third-order valence-corrected chi connectivity index (χ3v) is 3.48. The van der Waals surface area contributed by atoms with Gasteiger partial charge in [-0.1, -0.05) is 36.8 Å². The van der Waals surface area contributed by atoms with Crippen LogP contribution in [0, 0.1) is 0 Å². The van der Waals surface area contributed by atoms with Crippen molar-refractivity contribution < 1.29 is 4.79 Å². The van der Waals surface area contributed by atoms with Gasteiger partial charge in [-0.05, 0) is 32.3 Å². The van der Waals surface area contributed by atoms with Crippen molar-refractivity contribution in [2.75, 3.05) is 0 Å². The van der Waals surface area contributed by atoms with Crippen LogP contribution in [0.25, 0.3) is 0 Å². The molecule has 2 rings (SSSR count). The van der Waals surface area contributed by atoms with E-state index in [9.17, 15) is 4.79 Å². The lowest BCUT2D eigenvalue weighted by Crippen LogP contribution is -2.53. The molecule has 1 aromatic rings. The van der Waals surface area contributed by atoms with Crippen LogP contribution in [0.2, 0.25) is 0 Å². The molecule has 1 atom stereocenters. The van der Waals surface area contributed by atoms with Gasteiger partial charge in [-0.25, -0.2) is 0 Å². The van der Waals surface area contributed by atoms with Gasteiger partial charge in [0.2, 0.25) is 0 Å². The summed E-state index contributed by atoms with van der Waals surface area (Å²) in [6, 6.07) is 10.5. The maximum absolute atomic E-state index is 12.4.